The monoisotopic (exact) mass is 644 g/mol. The molecule has 0 spiro atoms. The van der Waals surface area contributed by atoms with Crippen LogP contribution >= 0.6 is 11.3 Å². The van der Waals surface area contributed by atoms with Gasteiger partial charge in [0.15, 0.2) is 5.78 Å². The molecule has 1 atom stereocenters. The number of rotatable bonds is 15. The van der Waals surface area contributed by atoms with E-state index in [9.17, 15) is 14.4 Å². The largest absolute Gasteiger partial charge is 0.492 e. The first-order valence-corrected chi connectivity index (χ1v) is 16.2. The van der Waals surface area contributed by atoms with Gasteiger partial charge in [-0.15, -0.1) is 11.3 Å². The van der Waals surface area contributed by atoms with E-state index in [2.05, 4.69) is 5.32 Å². The zero-order valence-electron chi connectivity index (χ0n) is 26.1. The van der Waals surface area contributed by atoms with Gasteiger partial charge in [0.2, 0.25) is 5.91 Å². The number of esters is 1. The highest BCUT2D eigenvalue weighted by molar-refractivity contribution is 7.10. The Morgan fingerprint density at radius 3 is 2.21 bits per heavy atom. The number of carbonyl (C=O) groups is 3. The summed E-state index contributed by atoms with van der Waals surface area (Å²) in [5, 5.41) is 5.22. The fourth-order valence-corrected chi connectivity index (χ4v) is 5.64. The number of amides is 1. The molecule has 0 bridgehead atoms. The van der Waals surface area contributed by atoms with Gasteiger partial charge in [0.05, 0.1) is 13.7 Å². The summed E-state index contributed by atoms with van der Waals surface area (Å²) in [6, 6.07) is 36.7. The molecule has 1 heterocycles. The van der Waals surface area contributed by atoms with Crippen LogP contribution in [-0.2, 0) is 27.3 Å². The predicted octanol–water partition coefficient (Wildman–Crippen LogP) is 7.30. The van der Waals surface area contributed by atoms with Crippen LogP contribution in [0.3, 0.4) is 0 Å². The van der Waals surface area contributed by atoms with Crippen LogP contribution in [0.4, 0.5) is 5.69 Å². The van der Waals surface area contributed by atoms with E-state index in [1.807, 2.05) is 102 Å². The Labute approximate surface area is 279 Å². The molecule has 0 aliphatic rings. The fourth-order valence-electron chi connectivity index (χ4n) is 5.02. The second-order valence-corrected chi connectivity index (χ2v) is 11.7. The number of para-hydroxylation sites is 1. The highest BCUT2D eigenvalue weighted by Gasteiger charge is 2.23. The first-order chi connectivity index (χ1) is 23.0. The smallest absolute Gasteiger partial charge is 0.328 e. The quantitative estimate of drug-likeness (QED) is 0.0732. The zero-order chi connectivity index (χ0) is 32.8. The number of ketones is 1. The van der Waals surface area contributed by atoms with Crippen molar-refractivity contribution in [2.45, 2.75) is 19.0 Å². The molecule has 0 aliphatic heterocycles. The number of methoxy groups -OCH3 is 1. The minimum Gasteiger partial charge on any atom is -0.492 e. The standard InChI is InChI=1S/C39H36N2O5S/c1-45-39(44)36(40-35-17-9-8-16-34(35)38(43)31-13-6-3-7-14-31)27-29-18-20-32(21-19-29)46-25-24-41(28-30-11-4-2-5-12-30)37(42)23-22-33-15-10-26-47-33/h2-23,26,36,40H,24-25,27-28H2,1H3/t36-/m0/s1. The summed E-state index contributed by atoms with van der Waals surface area (Å²) in [4.78, 5) is 41.9. The molecule has 7 nitrogen and oxygen atoms in total. The van der Waals surface area contributed by atoms with E-state index in [4.69, 9.17) is 9.47 Å². The molecule has 0 fully saturated rings. The average Bonchev–Trinajstić information content (AvgIpc) is 3.65. The van der Waals surface area contributed by atoms with Gasteiger partial charge in [0.25, 0.3) is 0 Å². The van der Waals surface area contributed by atoms with Gasteiger partial charge < -0.3 is 19.7 Å². The number of hydrogen-bond donors (Lipinski definition) is 1. The van der Waals surface area contributed by atoms with Gasteiger partial charge in [0, 0.05) is 40.7 Å². The molecule has 5 rings (SSSR count). The van der Waals surface area contributed by atoms with Crippen LogP contribution in [0.15, 0.2) is 133 Å². The fraction of sp³-hybridized carbons (Fsp3) is 0.154. The lowest BCUT2D eigenvalue weighted by Gasteiger charge is -2.22. The Hall–Kier alpha value is -5.47. The van der Waals surface area contributed by atoms with Gasteiger partial charge in [-0.2, -0.15) is 0 Å². The highest BCUT2D eigenvalue weighted by Crippen LogP contribution is 2.22. The molecular formula is C39H36N2O5S. The van der Waals surface area contributed by atoms with Crippen molar-refractivity contribution in [1.29, 1.82) is 0 Å². The van der Waals surface area contributed by atoms with Gasteiger partial charge in [0.1, 0.15) is 18.4 Å². The van der Waals surface area contributed by atoms with E-state index >= 15 is 0 Å². The molecule has 47 heavy (non-hydrogen) atoms. The molecule has 0 aliphatic carbocycles. The van der Waals surface area contributed by atoms with E-state index in [1.165, 1.54) is 7.11 Å². The van der Waals surface area contributed by atoms with Crippen LogP contribution in [0.5, 0.6) is 5.75 Å². The molecule has 4 aromatic carbocycles. The van der Waals surface area contributed by atoms with Gasteiger partial charge in [-0.05, 0) is 52.9 Å². The second-order valence-electron chi connectivity index (χ2n) is 10.8. The molecule has 1 aromatic heterocycles. The first-order valence-electron chi connectivity index (χ1n) is 15.3. The summed E-state index contributed by atoms with van der Waals surface area (Å²) in [6.07, 6.45) is 3.77. The maximum absolute atomic E-state index is 13.2. The van der Waals surface area contributed by atoms with E-state index in [0.717, 1.165) is 16.0 Å². The van der Waals surface area contributed by atoms with E-state index < -0.39 is 12.0 Å². The Kier molecular flexibility index (Phi) is 11.7. The van der Waals surface area contributed by atoms with E-state index in [-0.39, 0.29) is 11.7 Å². The van der Waals surface area contributed by atoms with Crippen molar-refractivity contribution >= 4 is 40.8 Å². The van der Waals surface area contributed by atoms with Crippen molar-refractivity contribution in [3.63, 3.8) is 0 Å². The van der Waals surface area contributed by atoms with E-state index in [0.29, 0.717) is 48.7 Å². The lowest BCUT2D eigenvalue weighted by atomic mass is 10.00. The Bertz CT molecular complexity index is 1770. The van der Waals surface area contributed by atoms with Crippen molar-refractivity contribution in [3.05, 3.63) is 160 Å². The molecule has 5 aromatic rings. The number of hydrogen-bond acceptors (Lipinski definition) is 7. The Morgan fingerprint density at radius 1 is 0.809 bits per heavy atom. The molecule has 0 saturated heterocycles. The summed E-state index contributed by atoms with van der Waals surface area (Å²) >= 11 is 1.58. The lowest BCUT2D eigenvalue weighted by molar-refractivity contribution is -0.141. The van der Waals surface area contributed by atoms with Gasteiger partial charge in [-0.25, -0.2) is 4.79 Å². The molecule has 238 valence electrons. The summed E-state index contributed by atoms with van der Waals surface area (Å²) in [5.74, 6) is -0.0176. The number of carbonyl (C=O) groups excluding carboxylic acids is 3. The predicted molar refractivity (Wildman–Crippen MR) is 187 cm³/mol. The van der Waals surface area contributed by atoms with Crippen molar-refractivity contribution in [2.24, 2.45) is 0 Å². The van der Waals surface area contributed by atoms with Gasteiger partial charge in [-0.1, -0.05) is 91.0 Å². The van der Waals surface area contributed by atoms with Crippen LogP contribution in [-0.4, -0.2) is 48.9 Å². The summed E-state index contributed by atoms with van der Waals surface area (Å²) < 4.78 is 11.1. The third-order valence-corrected chi connectivity index (χ3v) is 8.32. The maximum Gasteiger partial charge on any atom is 0.328 e. The van der Waals surface area contributed by atoms with Crippen LogP contribution in [0, 0.1) is 0 Å². The number of nitrogens with one attached hydrogen (secondary N) is 1. The van der Waals surface area contributed by atoms with Crippen molar-refractivity contribution in [1.82, 2.24) is 4.90 Å². The zero-order valence-corrected chi connectivity index (χ0v) is 26.9. The molecule has 0 radical (unpaired) electrons. The van der Waals surface area contributed by atoms with Crippen molar-refractivity contribution < 1.29 is 23.9 Å². The molecular weight excluding hydrogens is 609 g/mol. The topological polar surface area (TPSA) is 84.9 Å². The molecule has 1 amide bonds. The molecule has 0 saturated carbocycles. The number of anilines is 1. The van der Waals surface area contributed by atoms with Crippen LogP contribution in [0.2, 0.25) is 0 Å². The third-order valence-electron chi connectivity index (χ3n) is 7.48. The molecule has 8 heteroatoms. The summed E-state index contributed by atoms with van der Waals surface area (Å²) in [5.41, 5.74) is 3.51. The number of thiophene rings is 1. The summed E-state index contributed by atoms with van der Waals surface area (Å²) in [7, 11) is 1.35. The van der Waals surface area contributed by atoms with Gasteiger partial charge >= 0.3 is 5.97 Å². The minimum absolute atomic E-state index is 0.0883. The summed E-state index contributed by atoms with van der Waals surface area (Å²) in [6.45, 7) is 1.18. The minimum atomic E-state index is -0.726. The second kappa shape index (κ2) is 16.7. The lowest BCUT2D eigenvalue weighted by Crippen LogP contribution is -2.33. The maximum atomic E-state index is 13.2. The van der Waals surface area contributed by atoms with Crippen LogP contribution < -0.4 is 10.1 Å². The van der Waals surface area contributed by atoms with Crippen LogP contribution in [0.25, 0.3) is 6.08 Å². The molecule has 0 unspecified atom stereocenters. The molecule has 1 N–H and O–H groups in total. The number of ether oxygens (including phenoxy) is 2. The highest BCUT2D eigenvalue weighted by atomic mass is 32.1. The van der Waals surface area contributed by atoms with Crippen molar-refractivity contribution in [2.75, 3.05) is 25.6 Å². The SMILES string of the molecule is COC(=O)[C@H](Cc1ccc(OCCN(Cc2ccccc2)C(=O)C=Cc2cccs2)cc1)Nc1ccccc1C(=O)c1ccccc1. The van der Waals surface area contributed by atoms with Crippen molar-refractivity contribution in [3.8, 4) is 5.75 Å². The average molecular weight is 645 g/mol. The van der Waals surface area contributed by atoms with Crippen LogP contribution in [0.1, 0.15) is 31.9 Å². The Balaban J connectivity index is 1.21. The normalized spacial score (nSPS) is 11.5. The van der Waals surface area contributed by atoms with Gasteiger partial charge in [-0.3, -0.25) is 9.59 Å². The first kappa shape index (κ1) is 32.9. The Morgan fingerprint density at radius 2 is 1.51 bits per heavy atom. The van der Waals surface area contributed by atoms with E-state index in [1.54, 1.807) is 52.6 Å². The third kappa shape index (κ3) is 9.51. The number of benzene rings is 4. The number of nitrogens with zero attached hydrogens (tertiary/aromatic N) is 1.